The van der Waals surface area contributed by atoms with Crippen molar-refractivity contribution in [3.05, 3.63) is 48.2 Å². The van der Waals surface area contributed by atoms with Gasteiger partial charge in [-0.05, 0) is 49.7 Å². The number of nitrogens with one attached hydrogen (secondary N) is 2. The number of ether oxygens (including phenoxy) is 1. The summed E-state index contributed by atoms with van der Waals surface area (Å²) in [5, 5.41) is 6.90. The number of halogens is 4. The predicted octanol–water partition coefficient (Wildman–Crippen LogP) is 4.68. The van der Waals surface area contributed by atoms with Crippen LogP contribution in [0.3, 0.4) is 0 Å². The number of aromatic nitrogens is 1. The number of hydrogen-bond acceptors (Lipinski definition) is 6. The van der Waals surface area contributed by atoms with E-state index >= 15 is 4.39 Å². The summed E-state index contributed by atoms with van der Waals surface area (Å²) >= 11 is 0. The number of hydrogen-bond donors (Lipinski definition) is 2. The zero-order valence-electron chi connectivity index (χ0n) is 22.3. The lowest BCUT2D eigenvalue weighted by atomic mass is 10.0. The number of piperidine rings is 1. The molecular weight excluding hydrogens is 548 g/mol. The molecule has 214 valence electrons. The molecule has 0 spiro atoms. The molecule has 5 rings (SSSR count). The molecule has 1 aliphatic carbocycles. The standard InChI is InChI=1S/C28H30F4N4O3S/c1-35-13-11-27(16-26(27,29)17-35)34-22-7-4-8-24-21(22)14-19(36(24)18-28(30,31)32)6-5-12-33-23-10-9-20(40(3,37)38)15-25(23)39-2/h4,7-10,14-15,33-34H,11-13,16-18H2,1-3H3/t26-,27-/m1/s1. The van der Waals surface area contributed by atoms with Gasteiger partial charge in [-0.3, -0.25) is 0 Å². The molecule has 1 aliphatic heterocycles. The highest BCUT2D eigenvalue weighted by atomic mass is 32.2. The number of fused-ring (bicyclic) bond motifs is 2. The Morgan fingerprint density at radius 3 is 2.60 bits per heavy atom. The lowest BCUT2D eigenvalue weighted by Crippen LogP contribution is -2.46. The van der Waals surface area contributed by atoms with Gasteiger partial charge in [-0.15, -0.1) is 0 Å². The van der Waals surface area contributed by atoms with Crippen molar-refractivity contribution in [2.75, 3.05) is 50.7 Å². The van der Waals surface area contributed by atoms with Crippen molar-refractivity contribution in [3.63, 3.8) is 0 Å². The Hall–Kier alpha value is -3.43. The van der Waals surface area contributed by atoms with Gasteiger partial charge in [0.2, 0.25) is 0 Å². The first kappa shape index (κ1) is 28.1. The van der Waals surface area contributed by atoms with E-state index in [1.807, 2.05) is 11.9 Å². The lowest BCUT2D eigenvalue weighted by molar-refractivity contribution is -0.140. The van der Waals surface area contributed by atoms with E-state index in [1.165, 1.54) is 19.2 Å². The second kappa shape index (κ2) is 9.89. The van der Waals surface area contributed by atoms with E-state index < -0.39 is 33.8 Å². The van der Waals surface area contributed by atoms with E-state index in [2.05, 4.69) is 22.5 Å². The van der Waals surface area contributed by atoms with Gasteiger partial charge >= 0.3 is 6.18 Å². The Balaban J connectivity index is 1.42. The fraction of sp³-hybridized carbons (Fsp3) is 0.429. The summed E-state index contributed by atoms with van der Waals surface area (Å²) in [5.74, 6) is 5.99. The smallest absolute Gasteiger partial charge is 0.406 e. The van der Waals surface area contributed by atoms with Crippen LogP contribution in [-0.2, 0) is 16.4 Å². The van der Waals surface area contributed by atoms with Crippen LogP contribution in [0.1, 0.15) is 18.5 Å². The molecular formula is C28H30F4N4O3S. The third-order valence-corrected chi connectivity index (χ3v) is 8.71. The van der Waals surface area contributed by atoms with Gasteiger partial charge < -0.3 is 24.8 Å². The Morgan fingerprint density at radius 1 is 1.15 bits per heavy atom. The molecule has 1 saturated heterocycles. The van der Waals surface area contributed by atoms with Crippen molar-refractivity contribution in [1.29, 1.82) is 0 Å². The first-order valence-corrected chi connectivity index (χ1v) is 14.6. The van der Waals surface area contributed by atoms with Crippen LogP contribution in [0.2, 0.25) is 0 Å². The van der Waals surface area contributed by atoms with E-state index in [1.54, 1.807) is 30.3 Å². The topological polar surface area (TPSA) is 75.6 Å². The zero-order chi connectivity index (χ0) is 28.9. The van der Waals surface area contributed by atoms with Crippen LogP contribution in [0.4, 0.5) is 28.9 Å². The summed E-state index contributed by atoms with van der Waals surface area (Å²) in [4.78, 5) is 2.04. The van der Waals surface area contributed by atoms with Crippen molar-refractivity contribution in [2.24, 2.45) is 0 Å². The molecule has 2 N–H and O–H groups in total. The first-order chi connectivity index (χ1) is 18.7. The van der Waals surface area contributed by atoms with Crippen LogP contribution >= 0.6 is 0 Å². The largest absolute Gasteiger partial charge is 0.495 e. The minimum atomic E-state index is -4.48. The maximum Gasteiger partial charge on any atom is 0.406 e. The Bertz CT molecular complexity index is 1630. The maximum atomic E-state index is 15.4. The first-order valence-electron chi connectivity index (χ1n) is 12.7. The molecule has 3 aromatic rings. The zero-order valence-corrected chi connectivity index (χ0v) is 23.1. The Morgan fingerprint density at radius 2 is 1.93 bits per heavy atom. The van der Waals surface area contributed by atoms with Crippen LogP contribution in [-0.4, -0.2) is 75.3 Å². The molecule has 2 heterocycles. The highest BCUT2D eigenvalue weighted by Crippen LogP contribution is 2.58. The quantitative estimate of drug-likeness (QED) is 0.314. The van der Waals surface area contributed by atoms with Crippen molar-refractivity contribution >= 4 is 32.1 Å². The molecule has 0 amide bonds. The van der Waals surface area contributed by atoms with E-state index in [9.17, 15) is 21.6 Å². The summed E-state index contributed by atoms with van der Waals surface area (Å²) in [5.41, 5.74) is -0.493. The molecule has 0 radical (unpaired) electrons. The molecule has 40 heavy (non-hydrogen) atoms. The number of anilines is 2. The predicted molar refractivity (Wildman–Crippen MR) is 146 cm³/mol. The van der Waals surface area contributed by atoms with Gasteiger partial charge in [-0.2, -0.15) is 13.2 Å². The number of alkyl halides is 4. The highest BCUT2D eigenvalue weighted by molar-refractivity contribution is 7.90. The van der Waals surface area contributed by atoms with Crippen LogP contribution < -0.4 is 15.4 Å². The minimum absolute atomic E-state index is 0.0637. The molecule has 12 heteroatoms. The third-order valence-electron chi connectivity index (χ3n) is 7.60. The fourth-order valence-corrected chi connectivity index (χ4v) is 6.12. The van der Waals surface area contributed by atoms with Gasteiger partial charge in [0.05, 0.1) is 41.0 Å². The Kier molecular flexibility index (Phi) is 6.95. The van der Waals surface area contributed by atoms with Gasteiger partial charge in [0.15, 0.2) is 9.84 Å². The van der Waals surface area contributed by atoms with Gasteiger partial charge in [0, 0.05) is 42.9 Å². The summed E-state index contributed by atoms with van der Waals surface area (Å²) in [6.45, 7) is -0.110. The van der Waals surface area contributed by atoms with E-state index in [-0.39, 0.29) is 17.1 Å². The number of methoxy groups -OCH3 is 1. The number of nitrogens with zero attached hydrogens (tertiary/aromatic N) is 2. The second-order valence-electron chi connectivity index (χ2n) is 10.6. The van der Waals surface area contributed by atoms with E-state index in [4.69, 9.17) is 4.74 Å². The van der Waals surface area contributed by atoms with Crippen molar-refractivity contribution in [1.82, 2.24) is 9.47 Å². The van der Waals surface area contributed by atoms with Gasteiger partial charge in [0.25, 0.3) is 0 Å². The average Bonchev–Trinajstić information content (AvgIpc) is 3.32. The normalized spacial score (nSPS) is 22.8. The van der Waals surface area contributed by atoms with E-state index in [0.717, 1.165) is 17.4 Å². The van der Waals surface area contributed by atoms with Gasteiger partial charge in [0.1, 0.15) is 18.0 Å². The van der Waals surface area contributed by atoms with Crippen LogP contribution in [0.5, 0.6) is 5.75 Å². The Labute approximate surface area is 230 Å². The number of sulfone groups is 1. The van der Waals surface area contributed by atoms with Crippen LogP contribution in [0.15, 0.2) is 47.4 Å². The molecule has 0 bridgehead atoms. The summed E-state index contributed by atoms with van der Waals surface area (Å²) in [7, 11) is -0.146. The number of likely N-dealkylation sites (tertiary alicyclic amines) is 1. The molecule has 0 unspecified atom stereocenters. The van der Waals surface area contributed by atoms with Gasteiger partial charge in [-0.1, -0.05) is 12.0 Å². The fourth-order valence-electron chi connectivity index (χ4n) is 5.49. The molecule has 1 aromatic heterocycles. The summed E-state index contributed by atoms with van der Waals surface area (Å²) < 4.78 is 86.1. The molecule has 2 aliphatic rings. The van der Waals surface area contributed by atoms with Crippen LogP contribution in [0.25, 0.3) is 10.9 Å². The average molecular weight is 579 g/mol. The van der Waals surface area contributed by atoms with Crippen molar-refractivity contribution in [2.45, 2.75) is 41.7 Å². The number of benzene rings is 2. The van der Waals surface area contributed by atoms with Gasteiger partial charge in [-0.25, -0.2) is 12.8 Å². The molecule has 2 atom stereocenters. The summed E-state index contributed by atoms with van der Waals surface area (Å²) in [6.07, 6.45) is -2.42. The lowest BCUT2D eigenvalue weighted by Gasteiger charge is -2.32. The second-order valence-corrected chi connectivity index (χ2v) is 12.6. The maximum absolute atomic E-state index is 15.4. The minimum Gasteiger partial charge on any atom is -0.495 e. The molecule has 7 nitrogen and oxygen atoms in total. The van der Waals surface area contributed by atoms with Crippen molar-refractivity contribution in [3.8, 4) is 17.6 Å². The van der Waals surface area contributed by atoms with Crippen LogP contribution in [0, 0.1) is 11.8 Å². The summed E-state index contributed by atoms with van der Waals surface area (Å²) in [6, 6.07) is 11.0. The monoisotopic (exact) mass is 578 g/mol. The third kappa shape index (κ3) is 5.45. The highest BCUT2D eigenvalue weighted by Gasteiger charge is 2.70. The number of rotatable bonds is 7. The molecule has 1 saturated carbocycles. The SMILES string of the molecule is COc1cc(S(C)(=O)=O)ccc1NCC#Cc1cc2c(N[C@@]34CCN(C)C[C@]3(F)C4)cccc2n1CC(F)(F)F. The van der Waals surface area contributed by atoms with Crippen molar-refractivity contribution < 1.29 is 30.7 Å². The molecule has 2 aromatic carbocycles. The van der Waals surface area contributed by atoms with E-state index in [0.29, 0.717) is 47.4 Å². The molecule has 2 fully saturated rings.